The van der Waals surface area contributed by atoms with Gasteiger partial charge in [-0.25, -0.2) is 4.79 Å². The highest BCUT2D eigenvalue weighted by Crippen LogP contribution is 2.30. The van der Waals surface area contributed by atoms with Crippen LogP contribution in [-0.4, -0.2) is 21.6 Å². The first kappa shape index (κ1) is 19.0. The van der Waals surface area contributed by atoms with Crippen LogP contribution in [0.15, 0.2) is 42.5 Å². The van der Waals surface area contributed by atoms with E-state index in [-0.39, 0.29) is 11.5 Å². The number of aromatic carboxylic acids is 1. The third kappa shape index (κ3) is 3.43. The lowest BCUT2D eigenvalue weighted by molar-refractivity contribution is 0.0696. The Kier molecular flexibility index (Phi) is 4.74. The van der Waals surface area contributed by atoms with E-state index < -0.39 is 11.5 Å². The summed E-state index contributed by atoms with van der Waals surface area (Å²) in [5.74, 6) is -1.21. The molecule has 27 heavy (non-hydrogen) atoms. The van der Waals surface area contributed by atoms with E-state index in [4.69, 9.17) is 16.7 Å². The second kappa shape index (κ2) is 6.74. The predicted octanol–water partition coefficient (Wildman–Crippen LogP) is 4.50. The summed E-state index contributed by atoms with van der Waals surface area (Å²) in [7, 11) is 1.83. The van der Waals surface area contributed by atoms with E-state index in [0.717, 1.165) is 22.0 Å². The van der Waals surface area contributed by atoms with E-state index in [1.165, 1.54) is 12.1 Å². The molecule has 0 aliphatic rings. The average Bonchev–Trinajstić information content (AvgIpc) is 2.95. The zero-order chi connectivity index (χ0) is 19.9. The molecule has 0 fully saturated rings. The fourth-order valence-electron chi connectivity index (χ4n) is 3.15. The lowest BCUT2D eigenvalue weighted by atomic mass is 9.93. The van der Waals surface area contributed by atoms with Gasteiger partial charge in [-0.05, 0) is 56.2 Å². The Balaban J connectivity index is 1.92. The third-order valence-electron chi connectivity index (χ3n) is 4.87. The van der Waals surface area contributed by atoms with Gasteiger partial charge in [0.25, 0.3) is 5.91 Å². The van der Waals surface area contributed by atoms with Crippen LogP contribution in [0.1, 0.15) is 45.8 Å². The minimum absolute atomic E-state index is 0.208. The molecule has 6 heteroatoms. The van der Waals surface area contributed by atoms with Crippen molar-refractivity contribution in [2.75, 3.05) is 0 Å². The molecular formula is C21H21ClN2O3. The fraction of sp³-hybridized carbons (Fsp3) is 0.238. The van der Waals surface area contributed by atoms with Gasteiger partial charge in [0.2, 0.25) is 0 Å². The number of aromatic nitrogens is 1. The van der Waals surface area contributed by atoms with Gasteiger partial charge < -0.3 is 15.0 Å². The van der Waals surface area contributed by atoms with Crippen molar-refractivity contribution in [3.05, 3.63) is 69.9 Å². The number of benzene rings is 2. The number of carboxylic acids is 1. The van der Waals surface area contributed by atoms with Crippen LogP contribution in [0.2, 0.25) is 5.02 Å². The van der Waals surface area contributed by atoms with E-state index in [1.807, 2.05) is 44.5 Å². The molecule has 1 amide bonds. The van der Waals surface area contributed by atoms with Crippen molar-refractivity contribution in [3.63, 3.8) is 0 Å². The maximum atomic E-state index is 12.9. The van der Waals surface area contributed by atoms with E-state index >= 15 is 0 Å². The summed E-state index contributed by atoms with van der Waals surface area (Å²) >= 11 is 6.39. The van der Waals surface area contributed by atoms with Crippen LogP contribution < -0.4 is 5.32 Å². The SMILES string of the molecule is Cc1ccc2c(cc(C(=O)NC(C)(C)c3ccc(C(=O)O)cc3)n2C)c1Cl. The van der Waals surface area contributed by atoms with Crippen LogP contribution in [0.3, 0.4) is 0 Å². The molecule has 0 aliphatic carbocycles. The predicted molar refractivity (Wildman–Crippen MR) is 107 cm³/mol. The summed E-state index contributed by atoms with van der Waals surface area (Å²) in [4.78, 5) is 23.9. The molecule has 0 aliphatic heterocycles. The highest BCUT2D eigenvalue weighted by molar-refractivity contribution is 6.36. The number of aryl methyl sites for hydroxylation is 2. The van der Waals surface area contributed by atoms with Crippen molar-refractivity contribution in [3.8, 4) is 0 Å². The van der Waals surface area contributed by atoms with Gasteiger partial charge >= 0.3 is 5.97 Å². The van der Waals surface area contributed by atoms with E-state index in [9.17, 15) is 9.59 Å². The van der Waals surface area contributed by atoms with Crippen molar-refractivity contribution < 1.29 is 14.7 Å². The van der Waals surface area contributed by atoms with Gasteiger partial charge in [-0.3, -0.25) is 4.79 Å². The number of nitrogens with zero attached hydrogens (tertiary/aromatic N) is 1. The molecule has 1 heterocycles. The topological polar surface area (TPSA) is 71.3 Å². The number of fused-ring (bicyclic) bond motifs is 1. The maximum absolute atomic E-state index is 12.9. The number of rotatable bonds is 4. The third-order valence-corrected chi connectivity index (χ3v) is 5.37. The summed E-state index contributed by atoms with van der Waals surface area (Å²) in [5, 5.41) is 13.5. The Labute approximate surface area is 162 Å². The van der Waals surface area contributed by atoms with Gasteiger partial charge in [0.05, 0.1) is 16.1 Å². The van der Waals surface area contributed by atoms with Crippen LogP contribution in [0, 0.1) is 6.92 Å². The van der Waals surface area contributed by atoms with Gasteiger partial charge in [-0.1, -0.05) is 29.8 Å². The zero-order valence-corrected chi connectivity index (χ0v) is 16.4. The minimum Gasteiger partial charge on any atom is -0.478 e. The van der Waals surface area contributed by atoms with Crippen molar-refractivity contribution >= 4 is 34.4 Å². The minimum atomic E-state index is -0.980. The van der Waals surface area contributed by atoms with Crippen molar-refractivity contribution in [1.29, 1.82) is 0 Å². The second-order valence-corrected chi connectivity index (χ2v) is 7.56. The Bertz CT molecular complexity index is 1050. The quantitative estimate of drug-likeness (QED) is 0.695. The highest BCUT2D eigenvalue weighted by Gasteiger charge is 2.26. The summed E-state index contributed by atoms with van der Waals surface area (Å²) in [6, 6.07) is 12.2. The molecule has 0 unspecified atom stereocenters. The summed E-state index contributed by atoms with van der Waals surface area (Å²) < 4.78 is 1.82. The zero-order valence-electron chi connectivity index (χ0n) is 15.6. The van der Waals surface area contributed by atoms with Crippen molar-refractivity contribution in [2.24, 2.45) is 7.05 Å². The Morgan fingerprint density at radius 2 is 1.74 bits per heavy atom. The number of nitrogens with one attached hydrogen (secondary N) is 1. The van der Waals surface area contributed by atoms with Crippen molar-refractivity contribution in [2.45, 2.75) is 26.3 Å². The standard InChI is InChI=1S/C21H21ClN2O3/c1-12-5-10-16-15(18(12)22)11-17(24(16)4)19(25)23-21(2,3)14-8-6-13(7-9-14)20(26)27/h5-11H,1-4H3,(H,23,25)(H,26,27). The van der Waals surface area contributed by atoms with Gasteiger partial charge in [0.15, 0.2) is 0 Å². The molecule has 0 saturated carbocycles. The molecule has 0 radical (unpaired) electrons. The van der Waals surface area contributed by atoms with Crippen LogP contribution in [-0.2, 0) is 12.6 Å². The lowest BCUT2D eigenvalue weighted by Gasteiger charge is -2.27. The molecule has 5 nitrogen and oxygen atoms in total. The largest absolute Gasteiger partial charge is 0.478 e. The molecular weight excluding hydrogens is 364 g/mol. The number of carbonyl (C=O) groups is 2. The first-order valence-corrected chi connectivity index (χ1v) is 8.90. The number of amides is 1. The summed E-state index contributed by atoms with van der Waals surface area (Å²) in [6.45, 7) is 5.68. The van der Waals surface area contributed by atoms with Gasteiger partial charge in [-0.15, -0.1) is 0 Å². The number of carboxylic acid groups (broad SMARTS) is 1. The van der Waals surface area contributed by atoms with Crippen LogP contribution in [0.25, 0.3) is 10.9 Å². The van der Waals surface area contributed by atoms with Gasteiger partial charge in [0.1, 0.15) is 5.69 Å². The normalized spacial score (nSPS) is 11.6. The van der Waals surface area contributed by atoms with Crippen LogP contribution >= 0.6 is 11.6 Å². The molecule has 0 saturated heterocycles. The number of carbonyl (C=O) groups excluding carboxylic acids is 1. The van der Waals surface area contributed by atoms with Crippen LogP contribution in [0.5, 0.6) is 0 Å². The van der Waals surface area contributed by atoms with Gasteiger partial charge in [0, 0.05) is 18.0 Å². The molecule has 140 valence electrons. The molecule has 0 spiro atoms. The molecule has 3 rings (SSSR count). The fourth-order valence-corrected chi connectivity index (χ4v) is 3.37. The summed E-state index contributed by atoms with van der Waals surface area (Å²) in [5.41, 5.74) is 2.70. The number of halogens is 1. The average molecular weight is 385 g/mol. The van der Waals surface area contributed by atoms with E-state index in [2.05, 4.69) is 5.32 Å². The Morgan fingerprint density at radius 3 is 2.33 bits per heavy atom. The molecule has 1 aromatic heterocycles. The Hall–Kier alpha value is -2.79. The van der Waals surface area contributed by atoms with E-state index in [1.54, 1.807) is 18.2 Å². The Morgan fingerprint density at radius 1 is 1.11 bits per heavy atom. The van der Waals surface area contributed by atoms with Crippen molar-refractivity contribution in [1.82, 2.24) is 9.88 Å². The molecule has 2 N–H and O–H groups in total. The molecule has 3 aromatic rings. The smallest absolute Gasteiger partial charge is 0.335 e. The number of hydrogen-bond donors (Lipinski definition) is 2. The second-order valence-electron chi connectivity index (χ2n) is 7.18. The molecule has 2 aromatic carbocycles. The highest BCUT2D eigenvalue weighted by atomic mass is 35.5. The first-order valence-electron chi connectivity index (χ1n) is 8.52. The van der Waals surface area contributed by atoms with Crippen LogP contribution in [0.4, 0.5) is 0 Å². The molecule has 0 atom stereocenters. The maximum Gasteiger partial charge on any atom is 0.335 e. The lowest BCUT2D eigenvalue weighted by Crippen LogP contribution is -2.41. The molecule has 0 bridgehead atoms. The van der Waals surface area contributed by atoms with Gasteiger partial charge in [-0.2, -0.15) is 0 Å². The summed E-state index contributed by atoms with van der Waals surface area (Å²) in [6.07, 6.45) is 0. The monoisotopic (exact) mass is 384 g/mol. The number of hydrogen-bond acceptors (Lipinski definition) is 2. The first-order chi connectivity index (χ1) is 12.6. The van der Waals surface area contributed by atoms with E-state index in [0.29, 0.717) is 10.7 Å².